The number of nitrogens with zero attached hydrogens (tertiary/aromatic N) is 2. The van der Waals surface area contributed by atoms with Gasteiger partial charge in [0.1, 0.15) is 5.60 Å². The Morgan fingerprint density at radius 1 is 1.22 bits per heavy atom. The molecule has 0 atom stereocenters. The van der Waals surface area contributed by atoms with Crippen LogP contribution in [0.3, 0.4) is 0 Å². The normalized spacial score (nSPS) is 25.1. The van der Waals surface area contributed by atoms with E-state index in [9.17, 15) is 4.79 Å². The third kappa shape index (κ3) is 3.16. The molecule has 104 valence electrons. The maximum atomic E-state index is 12.2. The molecule has 4 nitrogen and oxygen atoms in total. The molecule has 0 unspecified atom stereocenters. The van der Waals surface area contributed by atoms with Gasteiger partial charge < -0.3 is 9.64 Å². The van der Waals surface area contributed by atoms with Crippen molar-refractivity contribution in [3.63, 3.8) is 0 Å². The summed E-state index contributed by atoms with van der Waals surface area (Å²) in [5.74, 6) is 0. The molecule has 1 saturated heterocycles. The molecule has 2 fully saturated rings. The SMILES string of the molecule is CC(C)(C)OC(=O)N1CCN(C2CC2)CC1(C)C. The first kappa shape index (κ1) is 13.7. The number of carbonyl (C=O) groups is 1. The van der Waals surface area contributed by atoms with E-state index in [1.807, 2.05) is 25.7 Å². The summed E-state index contributed by atoms with van der Waals surface area (Å²) < 4.78 is 5.49. The summed E-state index contributed by atoms with van der Waals surface area (Å²) in [6.45, 7) is 12.7. The van der Waals surface area contributed by atoms with E-state index in [4.69, 9.17) is 4.74 Å². The Bertz CT molecular complexity index is 329. The van der Waals surface area contributed by atoms with Crippen LogP contribution >= 0.6 is 0 Å². The van der Waals surface area contributed by atoms with Gasteiger partial charge in [-0.15, -0.1) is 0 Å². The second-order valence-electron chi connectivity index (χ2n) is 7.15. The molecule has 2 rings (SSSR count). The van der Waals surface area contributed by atoms with Crippen molar-refractivity contribution in [1.29, 1.82) is 0 Å². The third-order valence-electron chi connectivity index (χ3n) is 3.61. The Morgan fingerprint density at radius 3 is 2.28 bits per heavy atom. The molecule has 4 heteroatoms. The second kappa shape index (κ2) is 4.41. The largest absolute Gasteiger partial charge is 0.444 e. The van der Waals surface area contributed by atoms with E-state index in [1.54, 1.807) is 0 Å². The number of hydrogen-bond donors (Lipinski definition) is 0. The van der Waals surface area contributed by atoms with Gasteiger partial charge in [0.15, 0.2) is 0 Å². The van der Waals surface area contributed by atoms with Gasteiger partial charge in [0, 0.05) is 25.7 Å². The minimum absolute atomic E-state index is 0.136. The average molecular weight is 254 g/mol. The first-order chi connectivity index (χ1) is 8.19. The lowest BCUT2D eigenvalue weighted by molar-refractivity contribution is -0.0245. The molecule has 0 N–H and O–H groups in total. The van der Waals surface area contributed by atoms with Crippen molar-refractivity contribution in [2.75, 3.05) is 19.6 Å². The van der Waals surface area contributed by atoms with Gasteiger partial charge in [-0.05, 0) is 47.5 Å². The molecule has 1 amide bonds. The Labute approximate surface area is 110 Å². The van der Waals surface area contributed by atoms with Crippen molar-refractivity contribution < 1.29 is 9.53 Å². The lowest BCUT2D eigenvalue weighted by atomic mass is 9.99. The van der Waals surface area contributed by atoms with Gasteiger partial charge in [-0.2, -0.15) is 0 Å². The van der Waals surface area contributed by atoms with Crippen LogP contribution in [0, 0.1) is 0 Å². The second-order valence-corrected chi connectivity index (χ2v) is 7.15. The van der Waals surface area contributed by atoms with Gasteiger partial charge in [0.25, 0.3) is 0 Å². The molecule has 0 spiro atoms. The number of piperazine rings is 1. The minimum atomic E-state index is -0.416. The highest BCUT2D eigenvalue weighted by Crippen LogP contribution is 2.32. The van der Waals surface area contributed by atoms with Crippen molar-refractivity contribution in [3.8, 4) is 0 Å². The van der Waals surface area contributed by atoms with Gasteiger partial charge >= 0.3 is 6.09 Å². The number of hydrogen-bond acceptors (Lipinski definition) is 3. The first-order valence-electron chi connectivity index (χ1n) is 6.94. The maximum absolute atomic E-state index is 12.2. The highest BCUT2D eigenvalue weighted by atomic mass is 16.6. The van der Waals surface area contributed by atoms with Crippen LogP contribution in [0.15, 0.2) is 0 Å². The van der Waals surface area contributed by atoms with Crippen molar-refractivity contribution in [1.82, 2.24) is 9.80 Å². The molecule has 18 heavy (non-hydrogen) atoms. The fourth-order valence-corrected chi connectivity index (χ4v) is 2.60. The van der Waals surface area contributed by atoms with Gasteiger partial charge in [0.2, 0.25) is 0 Å². The van der Waals surface area contributed by atoms with Crippen LogP contribution in [0.4, 0.5) is 4.79 Å². The molecular weight excluding hydrogens is 228 g/mol. The lowest BCUT2D eigenvalue weighted by Gasteiger charge is -2.47. The van der Waals surface area contributed by atoms with Gasteiger partial charge in [-0.3, -0.25) is 4.90 Å². The van der Waals surface area contributed by atoms with Gasteiger partial charge in [-0.1, -0.05) is 0 Å². The molecule has 0 radical (unpaired) electrons. The van der Waals surface area contributed by atoms with Crippen molar-refractivity contribution in [2.45, 2.75) is 64.6 Å². The Hall–Kier alpha value is -0.770. The predicted octanol–water partition coefficient (Wildman–Crippen LogP) is 2.48. The standard InChI is InChI=1S/C14H26N2O2/c1-13(2,3)18-12(17)16-9-8-15(11-6-7-11)10-14(16,4)5/h11H,6-10H2,1-5H3. The Morgan fingerprint density at radius 2 is 1.83 bits per heavy atom. The minimum Gasteiger partial charge on any atom is -0.444 e. The van der Waals surface area contributed by atoms with E-state index in [2.05, 4.69) is 18.7 Å². The van der Waals surface area contributed by atoms with Crippen molar-refractivity contribution in [3.05, 3.63) is 0 Å². The number of ether oxygens (including phenoxy) is 1. The van der Waals surface area contributed by atoms with Crippen LogP contribution in [0.1, 0.15) is 47.5 Å². The van der Waals surface area contributed by atoms with Crippen LogP contribution in [0.5, 0.6) is 0 Å². The smallest absolute Gasteiger partial charge is 0.410 e. The Kier molecular flexibility index (Phi) is 3.34. The number of carbonyl (C=O) groups excluding carboxylic acids is 1. The van der Waals surface area contributed by atoms with Crippen molar-refractivity contribution >= 4 is 6.09 Å². The molecule has 1 aliphatic carbocycles. The zero-order valence-electron chi connectivity index (χ0n) is 12.3. The molecule has 0 aromatic rings. The van der Waals surface area contributed by atoms with E-state index in [0.29, 0.717) is 0 Å². The summed E-state index contributed by atoms with van der Waals surface area (Å²) in [7, 11) is 0. The molecule has 0 aromatic heterocycles. The molecule has 2 aliphatic rings. The lowest BCUT2D eigenvalue weighted by Crippen LogP contribution is -2.62. The molecule has 1 aliphatic heterocycles. The topological polar surface area (TPSA) is 32.8 Å². The fraction of sp³-hybridized carbons (Fsp3) is 0.929. The molecule has 1 saturated carbocycles. The Balaban J connectivity index is 1.98. The highest BCUT2D eigenvalue weighted by Gasteiger charge is 2.42. The maximum Gasteiger partial charge on any atom is 0.410 e. The molecule has 0 bridgehead atoms. The summed E-state index contributed by atoms with van der Waals surface area (Å²) in [4.78, 5) is 16.6. The van der Waals surface area contributed by atoms with Crippen LogP contribution < -0.4 is 0 Å². The average Bonchev–Trinajstić information content (AvgIpc) is 2.95. The summed E-state index contributed by atoms with van der Waals surface area (Å²) in [6.07, 6.45) is 2.47. The zero-order chi connectivity index (χ0) is 13.6. The molecule has 0 aromatic carbocycles. The summed E-state index contributed by atoms with van der Waals surface area (Å²) >= 11 is 0. The van der Waals surface area contributed by atoms with Gasteiger partial charge in [0.05, 0.1) is 5.54 Å². The van der Waals surface area contributed by atoms with E-state index in [1.165, 1.54) is 12.8 Å². The first-order valence-corrected chi connectivity index (χ1v) is 6.94. The highest BCUT2D eigenvalue weighted by molar-refractivity contribution is 5.69. The quantitative estimate of drug-likeness (QED) is 0.720. The summed E-state index contributed by atoms with van der Waals surface area (Å²) in [5, 5.41) is 0. The number of amides is 1. The van der Waals surface area contributed by atoms with E-state index in [-0.39, 0.29) is 11.6 Å². The van der Waals surface area contributed by atoms with E-state index >= 15 is 0 Å². The van der Waals surface area contributed by atoms with E-state index in [0.717, 1.165) is 25.7 Å². The predicted molar refractivity (Wildman–Crippen MR) is 71.6 cm³/mol. The number of rotatable bonds is 1. The summed E-state index contributed by atoms with van der Waals surface area (Å²) in [6, 6.07) is 0.769. The third-order valence-corrected chi connectivity index (χ3v) is 3.61. The van der Waals surface area contributed by atoms with E-state index < -0.39 is 5.60 Å². The van der Waals surface area contributed by atoms with Crippen LogP contribution in [-0.2, 0) is 4.74 Å². The molecule has 1 heterocycles. The van der Waals surface area contributed by atoms with Crippen molar-refractivity contribution in [2.24, 2.45) is 0 Å². The molecular formula is C14H26N2O2. The van der Waals surface area contributed by atoms with Gasteiger partial charge in [-0.25, -0.2) is 4.79 Å². The van der Waals surface area contributed by atoms with Crippen LogP contribution in [-0.4, -0.2) is 52.7 Å². The zero-order valence-corrected chi connectivity index (χ0v) is 12.3. The van der Waals surface area contributed by atoms with Crippen LogP contribution in [0.25, 0.3) is 0 Å². The fourth-order valence-electron chi connectivity index (χ4n) is 2.60. The van der Waals surface area contributed by atoms with Crippen LogP contribution in [0.2, 0.25) is 0 Å². The monoisotopic (exact) mass is 254 g/mol. The summed E-state index contributed by atoms with van der Waals surface area (Å²) in [5.41, 5.74) is -0.552.